The number of benzene rings is 4. The molecule has 0 radical (unpaired) electrons. The van der Waals surface area contributed by atoms with Gasteiger partial charge in [-0.25, -0.2) is 27.2 Å². The Bertz CT molecular complexity index is 2430. The highest BCUT2D eigenvalue weighted by molar-refractivity contribution is 7.90. The third kappa shape index (κ3) is 7.28. The Kier molecular flexibility index (Phi) is 10.5. The minimum atomic E-state index is -4.21. The van der Waals surface area contributed by atoms with Crippen LogP contribution in [0.3, 0.4) is 0 Å². The highest BCUT2D eigenvalue weighted by Crippen LogP contribution is 2.33. The van der Waals surface area contributed by atoms with Gasteiger partial charge < -0.3 is 20.2 Å². The first-order valence-electron chi connectivity index (χ1n) is 18.2. The normalized spacial score (nSPS) is 17.6. The number of hydrogen-bond acceptors (Lipinski definition) is 8. The number of piperazine rings is 1. The number of hydrogen-bond donors (Lipinski definition) is 2. The molecule has 56 heavy (non-hydrogen) atoms. The summed E-state index contributed by atoms with van der Waals surface area (Å²) < 4.78 is 29.6. The minimum Gasteiger partial charge on any atom is -0.508 e. The maximum absolute atomic E-state index is 14.7. The van der Waals surface area contributed by atoms with Crippen LogP contribution in [0.1, 0.15) is 39.5 Å². The van der Waals surface area contributed by atoms with Gasteiger partial charge in [-0.2, -0.15) is 0 Å². The average Bonchev–Trinajstić information content (AvgIpc) is 3.59. The van der Waals surface area contributed by atoms with Crippen LogP contribution in [0.2, 0.25) is 0 Å². The average molecular weight is 775 g/mol. The molecule has 0 bridgehead atoms. The van der Waals surface area contributed by atoms with Crippen LogP contribution in [0.25, 0.3) is 10.9 Å². The first-order chi connectivity index (χ1) is 26.9. The third-order valence-electron chi connectivity index (χ3n) is 10.2. The van der Waals surface area contributed by atoms with Gasteiger partial charge in [0.25, 0.3) is 10.0 Å². The first kappa shape index (κ1) is 38.0. The molecule has 0 saturated carbocycles. The van der Waals surface area contributed by atoms with Gasteiger partial charge in [-0.15, -0.1) is 6.58 Å². The van der Waals surface area contributed by atoms with E-state index in [0.717, 1.165) is 15.1 Å². The molecule has 13 nitrogen and oxygen atoms in total. The summed E-state index contributed by atoms with van der Waals surface area (Å²) in [7, 11) is -4.21. The Balaban J connectivity index is 1.32. The number of phenolic OH excluding ortho intramolecular Hbond substituents is 1. The molecule has 2 N–H and O–H groups in total. The van der Waals surface area contributed by atoms with Crippen molar-refractivity contribution in [1.82, 2.24) is 29.1 Å². The number of nitrogens with one attached hydrogen (secondary N) is 1. The molecule has 288 valence electrons. The van der Waals surface area contributed by atoms with Crippen LogP contribution in [-0.2, 0) is 39.1 Å². The van der Waals surface area contributed by atoms with Gasteiger partial charge in [0.15, 0.2) is 5.78 Å². The molecule has 4 aromatic carbocycles. The van der Waals surface area contributed by atoms with Crippen LogP contribution < -0.4 is 5.32 Å². The predicted octanol–water partition coefficient (Wildman–Crippen LogP) is 4.83. The fourth-order valence-corrected chi connectivity index (χ4v) is 8.91. The molecule has 2 atom stereocenters. The Morgan fingerprint density at radius 3 is 2.32 bits per heavy atom. The molecule has 5 aromatic rings. The number of ketones is 1. The van der Waals surface area contributed by atoms with Crippen LogP contribution in [0.15, 0.2) is 121 Å². The largest absolute Gasteiger partial charge is 0.508 e. The molecule has 2 aliphatic heterocycles. The molecule has 4 amide bonds. The summed E-state index contributed by atoms with van der Waals surface area (Å²) >= 11 is 0. The van der Waals surface area contributed by atoms with Crippen molar-refractivity contribution in [2.24, 2.45) is 0 Å². The number of para-hydroxylation sites is 1. The number of aromatic hydroxyl groups is 1. The second-order valence-electron chi connectivity index (χ2n) is 14.0. The summed E-state index contributed by atoms with van der Waals surface area (Å²) in [5, 5.41) is 16.4. The van der Waals surface area contributed by atoms with Crippen LogP contribution in [0.4, 0.5) is 4.79 Å². The number of phenols is 1. The van der Waals surface area contributed by atoms with Gasteiger partial charge in [0.1, 0.15) is 18.0 Å². The molecule has 0 unspecified atom stereocenters. The summed E-state index contributed by atoms with van der Waals surface area (Å²) in [5.41, 5.74) is 3.32. The molecule has 0 spiro atoms. The lowest BCUT2D eigenvalue weighted by atomic mass is 9.98. The van der Waals surface area contributed by atoms with Gasteiger partial charge in [-0.05, 0) is 54.8 Å². The first-order valence-corrected chi connectivity index (χ1v) is 19.6. The van der Waals surface area contributed by atoms with E-state index in [0.29, 0.717) is 16.5 Å². The smallest absolute Gasteiger partial charge is 0.334 e. The van der Waals surface area contributed by atoms with Crippen LogP contribution in [0.5, 0.6) is 5.75 Å². The second kappa shape index (κ2) is 15.5. The second-order valence-corrected chi connectivity index (χ2v) is 15.9. The lowest BCUT2D eigenvalue weighted by Gasteiger charge is -2.55. The molecule has 2 aliphatic rings. The van der Waals surface area contributed by atoms with Crippen LogP contribution >= 0.6 is 0 Å². The maximum Gasteiger partial charge on any atom is 0.334 e. The molecule has 3 heterocycles. The summed E-state index contributed by atoms with van der Waals surface area (Å²) in [5.74, 6) is -1.05. The van der Waals surface area contributed by atoms with Crippen molar-refractivity contribution in [2.75, 3.05) is 19.6 Å². The number of amides is 4. The minimum absolute atomic E-state index is 0.0312. The van der Waals surface area contributed by atoms with Crippen molar-refractivity contribution in [3.63, 3.8) is 0 Å². The zero-order valence-electron chi connectivity index (χ0n) is 31.0. The lowest BCUT2D eigenvalue weighted by molar-refractivity contribution is -0.189. The number of aromatic nitrogens is 1. The van der Waals surface area contributed by atoms with Crippen molar-refractivity contribution >= 4 is 44.6 Å². The van der Waals surface area contributed by atoms with Crippen molar-refractivity contribution in [3.8, 4) is 5.75 Å². The zero-order valence-corrected chi connectivity index (χ0v) is 31.9. The fourth-order valence-electron chi connectivity index (χ4n) is 7.50. The van der Waals surface area contributed by atoms with E-state index < -0.39 is 34.2 Å². The molecule has 1 aromatic heterocycles. The fraction of sp³-hybridized carbons (Fsp3) is 0.238. The Morgan fingerprint density at radius 1 is 0.929 bits per heavy atom. The standard InChI is InChI=1S/C42H42N6O7S/c1-4-21-45-27-39(51)47-37(22-30-15-17-33(50)18-16-30)41(52)44(26-38(47)48(45)42(53)43-23-31-9-6-5-7-10-31)24-32-11-8-12-35-36(29(3)49)25-46(40(32)35)56(54,55)34-19-13-28(2)14-20-34/h4-20,25,37-38,50H,1,21-24,26-27H2,2-3H3,(H,43,53)/t37-,38-/m0/s1. The number of rotatable bonds is 11. The summed E-state index contributed by atoms with van der Waals surface area (Å²) in [6.07, 6.45) is 2.04. The van der Waals surface area contributed by atoms with Gasteiger partial charge in [0.05, 0.1) is 23.5 Å². The van der Waals surface area contributed by atoms with E-state index in [2.05, 4.69) is 11.9 Å². The van der Waals surface area contributed by atoms with Gasteiger partial charge >= 0.3 is 6.03 Å². The molecular weight excluding hydrogens is 733 g/mol. The van der Waals surface area contributed by atoms with Gasteiger partial charge in [-0.1, -0.05) is 84.4 Å². The van der Waals surface area contributed by atoms with Crippen molar-refractivity contribution in [2.45, 2.75) is 50.5 Å². The topological polar surface area (TPSA) is 153 Å². The van der Waals surface area contributed by atoms with Crippen LogP contribution in [-0.4, -0.2) is 92.8 Å². The number of fused-ring (bicyclic) bond motifs is 2. The Labute approximate surface area is 325 Å². The van der Waals surface area contributed by atoms with E-state index in [-0.39, 0.29) is 72.6 Å². The van der Waals surface area contributed by atoms with Gasteiger partial charge in [0.2, 0.25) is 11.8 Å². The lowest BCUT2D eigenvalue weighted by Crippen LogP contribution is -2.76. The van der Waals surface area contributed by atoms with E-state index in [4.69, 9.17) is 0 Å². The number of hydrazine groups is 1. The quantitative estimate of drug-likeness (QED) is 0.143. The number of aryl methyl sites for hydroxylation is 1. The zero-order chi connectivity index (χ0) is 39.7. The maximum atomic E-state index is 14.7. The number of urea groups is 1. The van der Waals surface area contributed by atoms with Crippen molar-refractivity contribution in [1.29, 1.82) is 0 Å². The number of carbonyl (C=O) groups excluding carboxylic acids is 4. The van der Waals surface area contributed by atoms with Gasteiger partial charge in [0, 0.05) is 43.2 Å². The molecular formula is C42H42N6O7S. The van der Waals surface area contributed by atoms with E-state index in [1.165, 1.54) is 52.2 Å². The third-order valence-corrected chi connectivity index (χ3v) is 11.9. The molecule has 7 rings (SSSR count). The molecule has 2 saturated heterocycles. The van der Waals surface area contributed by atoms with Gasteiger partial charge in [-0.3, -0.25) is 14.4 Å². The number of carbonyl (C=O) groups is 4. The summed E-state index contributed by atoms with van der Waals surface area (Å²) in [4.78, 5) is 58.9. The number of Topliss-reactive ketones (excluding diaryl/α,β-unsaturated/α-hetero) is 1. The van der Waals surface area contributed by atoms with E-state index in [1.807, 2.05) is 37.3 Å². The monoisotopic (exact) mass is 774 g/mol. The summed E-state index contributed by atoms with van der Waals surface area (Å²) in [6, 6.07) is 25.7. The Morgan fingerprint density at radius 2 is 1.64 bits per heavy atom. The SMILES string of the molecule is C=CCN1CC(=O)N2[C@@H](Cc3ccc(O)cc3)C(=O)N(Cc3cccc4c(C(C)=O)cn(S(=O)(=O)c5ccc(C)cc5)c34)C[C@@H]2N1C(=O)NCc1ccccc1. The van der Waals surface area contributed by atoms with E-state index in [9.17, 15) is 32.7 Å². The van der Waals surface area contributed by atoms with Crippen LogP contribution in [0, 0.1) is 6.92 Å². The van der Waals surface area contributed by atoms with E-state index >= 15 is 0 Å². The molecule has 14 heteroatoms. The van der Waals surface area contributed by atoms with E-state index in [1.54, 1.807) is 53.5 Å². The molecule has 0 aliphatic carbocycles. The Hall–Kier alpha value is -6.25. The highest BCUT2D eigenvalue weighted by atomic mass is 32.2. The predicted molar refractivity (Wildman–Crippen MR) is 210 cm³/mol. The number of nitrogens with zero attached hydrogens (tertiary/aromatic N) is 5. The molecule has 2 fully saturated rings. The van der Waals surface area contributed by atoms with Crippen molar-refractivity contribution < 1.29 is 32.7 Å². The summed E-state index contributed by atoms with van der Waals surface area (Å²) in [6.45, 7) is 7.05. The highest BCUT2D eigenvalue weighted by Gasteiger charge is 2.51. The van der Waals surface area contributed by atoms with Crippen molar-refractivity contribution in [3.05, 3.63) is 144 Å².